The van der Waals surface area contributed by atoms with E-state index in [1.165, 1.54) is 0 Å². The predicted molar refractivity (Wildman–Crippen MR) is 72.0 cm³/mol. The number of aliphatic hydroxyl groups is 2. The highest BCUT2D eigenvalue weighted by Gasteiger charge is 2.44. The zero-order valence-electron chi connectivity index (χ0n) is 11.8. The van der Waals surface area contributed by atoms with Gasteiger partial charge in [0.05, 0.1) is 20.8 Å². The standard InChI is InChI=1S/C10H14N5O8P/c11-10-13-7-4(8(18)14-10)12-2-15(7)9-6(17)5(16)3(23-9)1-22-24(19,20)21/h2-3,5-6,9,16-17H,1H2,(H2,19,20,21)(H3,11,13,14,18)/p-2. The third kappa shape index (κ3) is 3.06. The molecule has 4 atom stereocenters. The predicted octanol–water partition coefficient (Wildman–Crippen LogP) is -3.83. The number of aromatic amines is 1. The summed E-state index contributed by atoms with van der Waals surface area (Å²) in [6.07, 6.45) is -4.46. The van der Waals surface area contributed by atoms with E-state index in [9.17, 15) is 29.4 Å². The van der Waals surface area contributed by atoms with Gasteiger partial charge in [-0.3, -0.25) is 14.3 Å². The average Bonchev–Trinajstić information content (AvgIpc) is 3.00. The van der Waals surface area contributed by atoms with Gasteiger partial charge in [-0.05, 0) is 0 Å². The van der Waals surface area contributed by atoms with Gasteiger partial charge in [0, 0.05) is 0 Å². The summed E-state index contributed by atoms with van der Waals surface area (Å²) in [5.41, 5.74) is 4.77. The summed E-state index contributed by atoms with van der Waals surface area (Å²) in [5, 5.41) is 20.0. The summed E-state index contributed by atoms with van der Waals surface area (Å²) >= 11 is 0. The van der Waals surface area contributed by atoms with Gasteiger partial charge in [-0.2, -0.15) is 4.98 Å². The fourth-order valence-electron chi connectivity index (χ4n) is 2.39. The zero-order chi connectivity index (χ0) is 17.6. The van der Waals surface area contributed by atoms with Crippen molar-refractivity contribution in [2.45, 2.75) is 24.5 Å². The number of phosphoric ester groups is 1. The van der Waals surface area contributed by atoms with Crippen LogP contribution in [0.4, 0.5) is 5.95 Å². The van der Waals surface area contributed by atoms with Crippen LogP contribution < -0.4 is 21.1 Å². The summed E-state index contributed by atoms with van der Waals surface area (Å²) in [5.74, 6) is -0.194. The second-order valence-electron chi connectivity index (χ2n) is 5.06. The molecule has 0 aliphatic carbocycles. The number of aliphatic hydroxyl groups excluding tert-OH is 2. The van der Waals surface area contributed by atoms with Crippen LogP contribution in [-0.4, -0.2) is 54.7 Å². The van der Waals surface area contributed by atoms with Crippen molar-refractivity contribution in [3.05, 3.63) is 16.7 Å². The Morgan fingerprint density at radius 1 is 1.46 bits per heavy atom. The molecule has 1 fully saturated rings. The summed E-state index contributed by atoms with van der Waals surface area (Å²) in [6.45, 7) is -0.776. The van der Waals surface area contributed by atoms with Crippen LogP contribution in [0.3, 0.4) is 0 Å². The Morgan fingerprint density at radius 3 is 2.83 bits per heavy atom. The topological polar surface area (TPSA) is 212 Å². The molecule has 0 amide bonds. The van der Waals surface area contributed by atoms with E-state index in [-0.39, 0.29) is 17.1 Å². The van der Waals surface area contributed by atoms with Crippen molar-refractivity contribution < 1.29 is 33.8 Å². The van der Waals surface area contributed by atoms with E-state index < -0.39 is 44.5 Å². The van der Waals surface area contributed by atoms with Crippen molar-refractivity contribution >= 4 is 24.9 Å². The highest BCUT2D eigenvalue weighted by Crippen LogP contribution is 2.33. The number of ether oxygens (including phenoxy) is 1. The lowest BCUT2D eigenvalue weighted by atomic mass is 10.1. The van der Waals surface area contributed by atoms with Crippen molar-refractivity contribution in [2.75, 3.05) is 12.3 Å². The largest absolute Gasteiger partial charge is 0.790 e. The maximum absolute atomic E-state index is 11.7. The van der Waals surface area contributed by atoms with E-state index in [1.54, 1.807) is 0 Å². The first-order chi connectivity index (χ1) is 11.2. The van der Waals surface area contributed by atoms with Gasteiger partial charge in [-0.1, -0.05) is 0 Å². The van der Waals surface area contributed by atoms with Gasteiger partial charge >= 0.3 is 0 Å². The van der Waals surface area contributed by atoms with Crippen LogP contribution in [-0.2, 0) is 13.8 Å². The SMILES string of the molecule is Nc1nc2c(ncn2C2OC(COP(=O)([O-])[O-])C(O)C2O)c(=O)[nH]1. The Labute approximate surface area is 132 Å². The van der Waals surface area contributed by atoms with Gasteiger partial charge in [-0.25, -0.2) is 4.98 Å². The molecule has 0 spiro atoms. The number of nitrogens with one attached hydrogen (secondary N) is 1. The number of H-pyrrole nitrogens is 1. The maximum Gasteiger partial charge on any atom is 0.280 e. The Hall–Kier alpha value is -1.86. The number of anilines is 1. The van der Waals surface area contributed by atoms with Crippen LogP contribution >= 0.6 is 7.82 Å². The van der Waals surface area contributed by atoms with Gasteiger partial charge in [0.1, 0.15) is 18.3 Å². The van der Waals surface area contributed by atoms with Crippen molar-refractivity contribution in [2.24, 2.45) is 0 Å². The van der Waals surface area contributed by atoms with Gasteiger partial charge in [0.25, 0.3) is 5.56 Å². The number of hydrogen-bond donors (Lipinski definition) is 4. The molecule has 14 heteroatoms. The van der Waals surface area contributed by atoms with E-state index in [2.05, 4.69) is 19.5 Å². The minimum Gasteiger partial charge on any atom is -0.790 e. The first-order valence-electron chi connectivity index (χ1n) is 6.58. The Morgan fingerprint density at radius 2 is 2.17 bits per heavy atom. The molecular weight excluding hydrogens is 349 g/mol. The molecule has 0 bridgehead atoms. The molecular formula is C10H12N5O8P-2. The number of imidazole rings is 1. The number of nitrogen functional groups attached to an aromatic ring is 1. The van der Waals surface area contributed by atoms with Crippen LogP contribution in [0, 0.1) is 0 Å². The number of hydrogen-bond acceptors (Lipinski definition) is 11. The van der Waals surface area contributed by atoms with E-state index in [0.29, 0.717) is 0 Å². The van der Waals surface area contributed by atoms with E-state index in [1.807, 2.05) is 0 Å². The molecule has 5 N–H and O–H groups in total. The van der Waals surface area contributed by atoms with Crippen LogP contribution in [0.1, 0.15) is 6.23 Å². The van der Waals surface area contributed by atoms with Crippen LogP contribution in [0.2, 0.25) is 0 Å². The molecule has 1 aliphatic heterocycles. The normalized spacial score (nSPS) is 27.8. The average molecular weight is 361 g/mol. The fourth-order valence-corrected chi connectivity index (χ4v) is 2.72. The molecule has 3 rings (SSSR count). The van der Waals surface area contributed by atoms with Gasteiger partial charge in [0.2, 0.25) is 5.95 Å². The molecule has 1 aliphatic rings. The summed E-state index contributed by atoms with van der Waals surface area (Å²) in [7, 11) is -5.26. The number of aromatic nitrogens is 4. The highest BCUT2D eigenvalue weighted by atomic mass is 31.2. The van der Waals surface area contributed by atoms with E-state index >= 15 is 0 Å². The van der Waals surface area contributed by atoms with E-state index in [0.717, 1.165) is 10.9 Å². The molecule has 0 radical (unpaired) electrons. The van der Waals surface area contributed by atoms with E-state index in [4.69, 9.17) is 10.5 Å². The Kier molecular flexibility index (Phi) is 4.17. The second kappa shape index (κ2) is 5.89. The van der Waals surface area contributed by atoms with Crippen LogP contribution in [0.5, 0.6) is 0 Å². The minimum atomic E-state index is -5.26. The number of fused-ring (bicyclic) bond motifs is 1. The molecule has 3 heterocycles. The molecule has 132 valence electrons. The molecule has 0 saturated carbocycles. The van der Waals surface area contributed by atoms with Crippen molar-refractivity contribution in [3.63, 3.8) is 0 Å². The molecule has 2 aromatic heterocycles. The zero-order valence-corrected chi connectivity index (χ0v) is 12.7. The Bertz CT molecular complexity index is 861. The third-order valence-electron chi connectivity index (χ3n) is 3.46. The first kappa shape index (κ1) is 17.0. The number of nitrogens with two attached hydrogens (primary N) is 1. The van der Waals surface area contributed by atoms with Crippen molar-refractivity contribution in [1.82, 2.24) is 19.5 Å². The number of rotatable bonds is 4. The fraction of sp³-hybridized carbons (Fsp3) is 0.500. The van der Waals surface area contributed by atoms with Gasteiger partial charge in [0.15, 0.2) is 17.4 Å². The lowest BCUT2D eigenvalue weighted by Gasteiger charge is -2.30. The molecule has 1 saturated heterocycles. The quantitative estimate of drug-likeness (QED) is 0.387. The molecule has 4 unspecified atom stereocenters. The third-order valence-corrected chi connectivity index (χ3v) is 3.92. The molecule has 0 aromatic carbocycles. The smallest absolute Gasteiger partial charge is 0.280 e. The van der Waals surface area contributed by atoms with Crippen molar-refractivity contribution in [1.29, 1.82) is 0 Å². The monoisotopic (exact) mass is 361 g/mol. The summed E-state index contributed by atoms with van der Waals surface area (Å²) in [4.78, 5) is 42.7. The second-order valence-corrected chi connectivity index (χ2v) is 6.22. The van der Waals surface area contributed by atoms with Crippen LogP contribution in [0.15, 0.2) is 11.1 Å². The first-order valence-corrected chi connectivity index (χ1v) is 8.04. The molecule has 24 heavy (non-hydrogen) atoms. The van der Waals surface area contributed by atoms with Gasteiger partial charge in [-0.15, -0.1) is 0 Å². The lowest BCUT2D eigenvalue weighted by molar-refractivity contribution is -0.343. The number of phosphoric acid groups is 1. The van der Waals surface area contributed by atoms with Crippen molar-refractivity contribution in [3.8, 4) is 0 Å². The lowest BCUT2D eigenvalue weighted by Crippen LogP contribution is -2.34. The van der Waals surface area contributed by atoms with Gasteiger partial charge < -0.3 is 39.6 Å². The maximum atomic E-state index is 11.7. The number of nitrogens with zero attached hydrogens (tertiary/aromatic N) is 3. The Balaban J connectivity index is 1.90. The summed E-state index contributed by atoms with van der Waals surface area (Å²) in [6, 6.07) is 0. The minimum absolute atomic E-state index is 0.00705. The molecule has 2 aromatic rings. The highest BCUT2D eigenvalue weighted by molar-refractivity contribution is 7.43. The summed E-state index contributed by atoms with van der Waals surface area (Å²) < 4.78 is 21.0. The molecule has 13 nitrogen and oxygen atoms in total. The van der Waals surface area contributed by atoms with Crippen LogP contribution in [0.25, 0.3) is 11.2 Å².